The molecule has 0 unspecified atom stereocenters. The molecule has 0 saturated carbocycles. The van der Waals surface area contributed by atoms with Gasteiger partial charge in [-0.3, -0.25) is 19.3 Å². The average molecular weight is 518 g/mol. The number of amides is 2. The smallest absolute Gasteiger partial charge is 0.300 e. The predicted octanol–water partition coefficient (Wildman–Crippen LogP) is 2.57. The maximum Gasteiger partial charge on any atom is 0.300 e. The van der Waals surface area contributed by atoms with Crippen molar-refractivity contribution in [3.8, 4) is 5.75 Å². The number of carbonyl (C=O) groups is 3. The Kier molecular flexibility index (Phi) is 12.1. The summed E-state index contributed by atoms with van der Waals surface area (Å²) in [6.45, 7) is 3.10. The molecule has 0 aliphatic heterocycles. The minimum atomic E-state index is -0.833. The molecule has 0 bridgehead atoms. The van der Waals surface area contributed by atoms with Crippen molar-refractivity contribution >= 4 is 34.3 Å². The molecule has 0 fully saturated rings. The van der Waals surface area contributed by atoms with E-state index in [-0.39, 0.29) is 24.0 Å². The fraction of sp³-hybridized carbons (Fsp3) is 0.375. The van der Waals surface area contributed by atoms with Gasteiger partial charge in [-0.15, -0.1) is 0 Å². The molecule has 0 saturated heterocycles. The van der Waals surface area contributed by atoms with Gasteiger partial charge in [0.05, 0.1) is 25.6 Å². The van der Waals surface area contributed by atoms with Crippen molar-refractivity contribution in [2.24, 2.45) is 0 Å². The average Bonchev–Trinajstić information content (AvgIpc) is 3.54. The third-order valence-corrected chi connectivity index (χ3v) is 5.79. The fourth-order valence-corrected chi connectivity index (χ4v) is 3.89. The number of aliphatic carboxylic acids is 1. The standard InChI is InChI=1S/C22H27N5O4S.C2H4O2/c1-31-14-8-20(29)27(12-7-17-3-5-18(28)6-4-17)22-25-15-19(32-22)21(30)24-9-2-11-26-13-10-23-16-26;1-2(3)4/h3-6,10,13,15-16,28H,2,7-9,11-12,14H2,1H3,(H,24,30);1H3,(H,3,4). The molecule has 0 spiro atoms. The summed E-state index contributed by atoms with van der Waals surface area (Å²) in [5.74, 6) is -0.961. The lowest BCUT2D eigenvalue weighted by Gasteiger charge is -2.20. The maximum atomic E-state index is 12.7. The molecule has 0 aliphatic carbocycles. The van der Waals surface area contributed by atoms with Crippen LogP contribution in [0, 0.1) is 0 Å². The molecule has 3 N–H and O–H groups in total. The van der Waals surface area contributed by atoms with Crippen molar-refractivity contribution in [2.75, 3.05) is 31.7 Å². The number of methoxy groups -OCH3 is 1. The molecule has 2 amide bonds. The van der Waals surface area contributed by atoms with E-state index in [2.05, 4.69) is 15.3 Å². The van der Waals surface area contributed by atoms with E-state index in [1.807, 2.05) is 22.9 Å². The van der Waals surface area contributed by atoms with E-state index in [9.17, 15) is 14.7 Å². The van der Waals surface area contributed by atoms with E-state index in [1.165, 1.54) is 17.5 Å². The quantitative estimate of drug-likeness (QED) is 0.311. The highest BCUT2D eigenvalue weighted by Gasteiger charge is 2.20. The molecule has 0 aliphatic rings. The largest absolute Gasteiger partial charge is 0.508 e. The van der Waals surface area contributed by atoms with Crippen LogP contribution in [0.4, 0.5) is 5.13 Å². The molecule has 11 nitrogen and oxygen atoms in total. The molecule has 36 heavy (non-hydrogen) atoms. The van der Waals surface area contributed by atoms with Crippen LogP contribution in [0.3, 0.4) is 0 Å². The minimum Gasteiger partial charge on any atom is -0.508 e. The van der Waals surface area contributed by atoms with Gasteiger partial charge in [-0.05, 0) is 30.5 Å². The van der Waals surface area contributed by atoms with Crippen LogP contribution in [0.1, 0.15) is 35.0 Å². The van der Waals surface area contributed by atoms with Crippen LogP contribution in [-0.2, 0) is 27.3 Å². The zero-order valence-corrected chi connectivity index (χ0v) is 21.1. The summed E-state index contributed by atoms with van der Waals surface area (Å²) in [6.07, 6.45) is 8.44. The van der Waals surface area contributed by atoms with E-state index >= 15 is 0 Å². The highest BCUT2D eigenvalue weighted by molar-refractivity contribution is 7.17. The third kappa shape index (κ3) is 10.2. The van der Waals surface area contributed by atoms with Crippen LogP contribution in [-0.4, -0.2) is 69.3 Å². The van der Waals surface area contributed by atoms with Crippen LogP contribution in [0.5, 0.6) is 5.75 Å². The zero-order chi connectivity index (χ0) is 26.3. The highest BCUT2D eigenvalue weighted by atomic mass is 32.1. The topological polar surface area (TPSA) is 147 Å². The summed E-state index contributed by atoms with van der Waals surface area (Å²) in [6, 6.07) is 6.87. The Balaban J connectivity index is 0.00000106. The number of carboxylic acid groups (broad SMARTS) is 1. The summed E-state index contributed by atoms with van der Waals surface area (Å²) in [5.41, 5.74) is 0.986. The van der Waals surface area contributed by atoms with Crippen LogP contribution in [0.2, 0.25) is 0 Å². The number of ether oxygens (including phenoxy) is 1. The number of phenols is 1. The van der Waals surface area contributed by atoms with Gasteiger partial charge < -0.3 is 24.8 Å². The van der Waals surface area contributed by atoms with Crippen LogP contribution in [0.25, 0.3) is 0 Å². The fourth-order valence-electron chi connectivity index (χ4n) is 3.02. The second-order valence-corrected chi connectivity index (χ2v) is 8.65. The number of hydrogen-bond donors (Lipinski definition) is 3. The Labute approximate surface area is 213 Å². The van der Waals surface area contributed by atoms with Crippen molar-refractivity contribution in [2.45, 2.75) is 32.7 Å². The number of imidazole rings is 1. The van der Waals surface area contributed by atoms with Crippen molar-refractivity contribution in [3.05, 3.63) is 59.6 Å². The molecule has 2 aromatic heterocycles. The van der Waals surface area contributed by atoms with Gasteiger partial charge in [-0.25, -0.2) is 9.97 Å². The number of thiazole rings is 1. The van der Waals surface area contributed by atoms with Crippen molar-refractivity contribution in [1.82, 2.24) is 19.9 Å². The Morgan fingerprint density at radius 2 is 1.94 bits per heavy atom. The number of nitrogens with zero attached hydrogens (tertiary/aromatic N) is 4. The van der Waals surface area contributed by atoms with Gasteiger partial charge >= 0.3 is 0 Å². The lowest BCUT2D eigenvalue weighted by Crippen LogP contribution is -2.33. The molecule has 2 heterocycles. The predicted molar refractivity (Wildman–Crippen MR) is 135 cm³/mol. The number of carbonyl (C=O) groups excluding carboxylic acids is 2. The second kappa shape index (κ2) is 15.3. The van der Waals surface area contributed by atoms with Gasteiger partial charge in [0, 0.05) is 46.1 Å². The normalized spacial score (nSPS) is 10.3. The Bertz CT molecular complexity index is 1080. The van der Waals surface area contributed by atoms with E-state index in [4.69, 9.17) is 14.6 Å². The molecule has 1 aromatic carbocycles. The van der Waals surface area contributed by atoms with Crippen molar-refractivity contribution in [3.63, 3.8) is 0 Å². The maximum absolute atomic E-state index is 12.7. The Morgan fingerprint density at radius 1 is 1.22 bits per heavy atom. The molecule has 3 rings (SSSR count). The van der Waals surface area contributed by atoms with Gasteiger partial charge in [-0.2, -0.15) is 0 Å². The summed E-state index contributed by atoms with van der Waals surface area (Å²) < 4.78 is 6.99. The SMILES string of the molecule is CC(=O)O.COCCC(=O)N(CCc1ccc(O)cc1)c1ncc(C(=O)NCCCn2ccnc2)s1. The molecule has 194 valence electrons. The van der Waals surface area contributed by atoms with Gasteiger partial charge in [-0.1, -0.05) is 23.5 Å². The Morgan fingerprint density at radius 3 is 2.58 bits per heavy atom. The first-order chi connectivity index (χ1) is 17.3. The van der Waals surface area contributed by atoms with Gasteiger partial charge in [0.15, 0.2) is 5.13 Å². The second-order valence-electron chi connectivity index (χ2n) is 7.64. The highest BCUT2D eigenvalue weighted by Crippen LogP contribution is 2.24. The number of phenolic OH excluding ortho intramolecular Hbond substituents is 1. The van der Waals surface area contributed by atoms with Crippen LogP contribution < -0.4 is 10.2 Å². The number of carboxylic acids is 1. The van der Waals surface area contributed by atoms with E-state index < -0.39 is 5.97 Å². The van der Waals surface area contributed by atoms with E-state index in [0.29, 0.717) is 36.1 Å². The first-order valence-corrected chi connectivity index (χ1v) is 12.1. The van der Waals surface area contributed by atoms with Crippen molar-refractivity contribution < 1.29 is 29.3 Å². The summed E-state index contributed by atoms with van der Waals surface area (Å²) >= 11 is 1.19. The molecule has 3 aromatic rings. The monoisotopic (exact) mass is 517 g/mol. The number of benzene rings is 1. The van der Waals surface area contributed by atoms with Crippen LogP contribution in [0.15, 0.2) is 49.2 Å². The van der Waals surface area contributed by atoms with Crippen molar-refractivity contribution in [1.29, 1.82) is 0 Å². The van der Waals surface area contributed by atoms with Gasteiger partial charge in [0.1, 0.15) is 10.6 Å². The lowest BCUT2D eigenvalue weighted by atomic mass is 10.1. The van der Waals surface area contributed by atoms with Crippen LogP contribution >= 0.6 is 11.3 Å². The number of hydrogen-bond acceptors (Lipinski definition) is 8. The first kappa shape index (κ1) is 28.5. The number of nitrogens with one attached hydrogen (secondary N) is 1. The zero-order valence-electron chi connectivity index (χ0n) is 20.3. The third-order valence-electron chi connectivity index (χ3n) is 4.77. The van der Waals surface area contributed by atoms with E-state index in [0.717, 1.165) is 25.5 Å². The van der Waals surface area contributed by atoms with Gasteiger partial charge in [0.2, 0.25) is 5.91 Å². The lowest BCUT2D eigenvalue weighted by molar-refractivity contribution is -0.134. The molecule has 12 heteroatoms. The Hall–Kier alpha value is -3.77. The first-order valence-electron chi connectivity index (χ1n) is 11.3. The molecule has 0 atom stereocenters. The molecule has 0 radical (unpaired) electrons. The number of aryl methyl sites for hydroxylation is 1. The summed E-state index contributed by atoms with van der Waals surface area (Å²) in [4.78, 5) is 44.6. The number of rotatable bonds is 12. The summed E-state index contributed by atoms with van der Waals surface area (Å²) in [7, 11) is 1.55. The van der Waals surface area contributed by atoms with Gasteiger partial charge in [0.25, 0.3) is 11.9 Å². The number of aromatic hydroxyl groups is 1. The number of anilines is 1. The summed E-state index contributed by atoms with van der Waals surface area (Å²) in [5, 5.41) is 20.2. The molecular formula is C24H31N5O6S. The molecular weight excluding hydrogens is 486 g/mol. The number of aromatic nitrogens is 3. The van der Waals surface area contributed by atoms with E-state index in [1.54, 1.807) is 36.7 Å². The minimum absolute atomic E-state index is 0.118.